The second-order valence-electron chi connectivity index (χ2n) is 23.3. The maximum Gasteiger partial charge on any atom is 0.242 e. The Morgan fingerprint density at radius 1 is 0.561 bits per heavy atom. The molecule has 3 unspecified atom stereocenters. The summed E-state index contributed by atoms with van der Waals surface area (Å²) in [7, 11) is 0. The van der Waals surface area contributed by atoms with Gasteiger partial charge in [0, 0.05) is 22.7 Å². The van der Waals surface area contributed by atoms with Gasteiger partial charge in [-0.15, -0.1) is 0 Å². The molecule has 5 aromatic rings. The Kier molecular flexibility index (Phi) is 7.39. The van der Waals surface area contributed by atoms with Gasteiger partial charge >= 0.3 is 0 Å². The molecule has 0 amide bonds. The SMILES string of the molecule is Cc1cc(C(C)(C)C)cc2c1B(c1cc3c4cc1C(C)c1cccc5c1-c1cc(ccc1C5(C)C)C4(C)CC3(C)C)c1cc3c(cc1C2C)C(C)(C)CCC3(C)C. The van der Waals surface area contributed by atoms with Crippen molar-refractivity contribution in [1.29, 1.82) is 0 Å². The van der Waals surface area contributed by atoms with Gasteiger partial charge in [0.15, 0.2) is 0 Å². The summed E-state index contributed by atoms with van der Waals surface area (Å²) < 4.78 is 0. The molecule has 4 bridgehead atoms. The number of aryl methyl sites for hydroxylation is 1. The molecule has 5 aliphatic rings. The van der Waals surface area contributed by atoms with Crippen molar-refractivity contribution in [2.45, 2.75) is 167 Å². The van der Waals surface area contributed by atoms with E-state index in [0.29, 0.717) is 5.92 Å². The molecule has 0 fully saturated rings. The summed E-state index contributed by atoms with van der Waals surface area (Å²) in [6.45, 7) is 37.3. The van der Waals surface area contributed by atoms with Gasteiger partial charge in [0.2, 0.25) is 6.71 Å². The normalized spacial score (nSPS) is 24.8. The number of hydrogen-bond acceptors (Lipinski definition) is 0. The van der Waals surface area contributed by atoms with E-state index in [1.807, 2.05) is 0 Å². The van der Waals surface area contributed by atoms with Crippen molar-refractivity contribution in [3.8, 4) is 11.1 Å². The molecule has 1 heteroatoms. The maximum absolute atomic E-state index is 2.76. The van der Waals surface area contributed by atoms with E-state index in [0.717, 1.165) is 6.42 Å². The van der Waals surface area contributed by atoms with E-state index < -0.39 is 0 Å². The van der Waals surface area contributed by atoms with Gasteiger partial charge < -0.3 is 0 Å². The van der Waals surface area contributed by atoms with Crippen molar-refractivity contribution in [2.75, 3.05) is 0 Å². The minimum atomic E-state index is -0.0663. The monoisotopic (exact) mass is 749 g/mol. The Morgan fingerprint density at radius 2 is 1.14 bits per heavy atom. The average Bonchev–Trinajstić information content (AvgIpc) is 3.50. The van der Waals surface area contributed by atoms with Crippen molar-refractivity contribution >= 4 is 23.1 Å². The van der Waals surface area contributed by atoms with E-state index in [1.165, 1.54) is 73.9 Å². The fourth-order valence-electron chi connectivity index (χ4n) is 13.2. The third-order valence-corrected chi connectivity index (χ3v) is 16.8. The predicted octanol–water partition coefficient (Wildman–Crippen LogP) is 12.4. The van der Waals surface area contributed by atoms with Crippen LogP contribution in [0.1, 0.15) is 200 Å². The molecular formula is C56H65B. The van der Waals surface area contributed by atoms with E-state index in [1.54, 1.807) is 38.7 Å². The zero-order chi connectivity index (χ0) is 40.7. The van der Waals surface area contributed by atoms with Crippen molar-refractivity contribution in [3.05, 3.63) is 145 Å². The molecule has 0 N–H and O–H groups in total. The highest BCUT2D eigenvalue weighted by atomic mass is 14.5. The van der Waals surface area contributed by atoms with E-state index in [4.69, 9.17) is 0 Å². The van der Waals surface area contributed by atoms with Gasteiger partial charge in [-0.2, -0.15) is 0 Å². The van der Waals surface area contributed by atoms with Crippen LogP contribution in [-0.2, 0) is 32.5 Å². The van der Waals surface area contributed by atoms with Gasteiger partial charge in [-0.05, 0) is 132 Å². The number of fused-ring (bicyclic) bond motifs is 6. The molecule has 0 spiro atoms. The Hall–Kier alpha value is -3.84. The fourth-order valence-corrected chi connectivity index (χ4v) is 13.2. The van der Waals surface area contributed by atoms with Crippen molar-refractivity contribution < 1.29 is 0 Å². The first-order valence-corrected chi connectivity index (χ1v) is 22.3. The van der Waals surface area contributed by atoms with E-state index in [9.17, 15) is 0 Å². The minimum absolute atomic E-state index is 0.0333. The Balaban J connectivity index is 1.34. The van der Waals surface area contributed by atoms with Gasteiger partial charge in [-0.3, -0.25) is 0 Å². The lowest BCUT2D eigenvalue weighted by atomic mass is 9.30. The standard InChI is InChI=1S/C56H65B/c1-31-23-35(51(4,5)6)25-39-33(3)37-26-43-44(53(9,10)22-21-52(43,7)8)28-47(37)57(50(31)39)48-29-45-46-27-38(48)32(2)36-17-16-18-42-49(36)40-24-34(19-20-41(40)55(42,13)14)56(46,15)30-54(45,11)12/h16-20,23-29,32-33H,21-22,30H2,1-15H3. The zero-order valence-corrected chi connectivity index (χ0v) is 37.8. The molecule has 0 saturated heterocycles. The second-order valence-corrected chi connectivity index (χ2v) is 23.3. The largest absolute Gasteiger partial charge is 0.242 e. The molecule has 1 heterocycles. The molecular weight excluding hydrogens is 683 g/mol. The van der Waals surface area contributed by atoms with E-state index >= 15 is 0 Å². The van der Waals surface area contributed by atoms with Crippen molar-refractivity contribution in [1.82, 2.24) is 0 Å². The second kappa shape index (κ2) is 11.3. The van der Waals surface area contributed by atoms with Gasteiger partial charge in [-0.25, -0.2) is 0 Å². The lowest BCUT2D eigenvalue weighted by Crippen LogP contribution is -2.60. The van der Waals surface area contributed by atoms with Crippen LogP contribution < -0.4 is 16.4 Å². The quantitative estimate of drug-likeness (QED) is 0.150. The molecule has 5 aromatic carbocycles. The summed E-state index contributed by atoms with van der Waals surface area (Å²) in [5.41, 5.74) is 27.6. The Labute approximate surface area is 345 Å². The predicted molar refractivity (Wildman–Crippen MR) is 246 cm³/mol. The summed E-state index contributed by atoms with van der Waals surface area (Å²) >= 11 is 0. The van der Waals surface area contributed by atoms with Gasteiger partial charge in [0.05, 0.1) is 0 Å². The van der Waals surface area contributed by atoms with Crippen molar-refractivity contribution in [2.24, 2.45) is 0 Å². The highest BCUT2D eigenvalue weighted by Gasteiger charge is 2.50. The molecule has 0 nitrogen and oxygen atoms in total. The molecule has 292 valence electrons. The van der Waals surface area contributed by atoms with Crippen LogP contribution in [0.15, 0.2) is 72.8 Å². The van der Waals surface area contributed by atoms with E-state index in [2.05, 4.69) is 177 Å². The van der Waals surface area contributed by atoms with Gasteiger partial charge in [-0.1, -0.05) is 186 Å². The summed E-state index contributed by atoms with van der Waals surface area (Å²) in [6, 6.07) is 31.0. The van der Waals surface area contributed by atoms with Crippen LogP contribution in [-0.4, -0.2) is 6.71 Å². The first-order valence-electron chi connectivity index (χ1n) is 22.3. The minimum Gasteiger partial charge on any atom is -0.0646 e. The molecule has 0 saturated carbocycles. The molecule has 1 aliphatic heterocycles. The first-order chi connectivity index (χ1) is 26.5. The van der Waals surface area contributed by atoms with Crippen molar-refractivity contribution in [3.63, 3.8) is 0 Å². The van der Waals surface area contributed by atoms with Crippen LogP contribution in [0.2, 0.25) is 0 Å². The average molecular weight is 749 g/mol. The topological polar surface area (TPSA) is 0 Å². The fraction of sp³-hybridized carbons (Fsp3) is 0.464. The Bertz CT molecular complexity index is 2600. The first kappa shape index (κ1) is 37.4. The summed E-state index contributed by atoms with van der Waals surface area (Å²) in [4.78, 5) is 0. The van der Waals surface area contributed by atoms with Crippen LogP contribution in [0.4, 0.5) is 0 Å². The molecule has 10 rings (SSSR count). The van der Waals surface area contributed by atoms with Crippen LogP contribution >= 0.6 is 0 Å². The number of rotatable bonds is 1. The van der Waals surface area contributed by atoms with E-state index in [-0.39, 0.29) is 45.1 Å². The molecule has 4 aliphatic carbocycles. The molecule has 57 heavy (non-hydrogen) atoms. The highest BCUT2D eigenvalue weighted by Crippen LogP contribution is 2.58. The lowest BCUT2D eigenvalue weighted by molar-refractivity contribution is 0.332. The smallest absolute Gasteiger partial charge is 0.0646 e. The lowest BCUT2D eigenvalue weighted by Gasteiger charge is -2.44. The summed E-state index contributed by atoms with van der Waals surface area (Å²) in [6.07, 6.45) is 3.57. The number of benzene rings is 5. The maximum atomic E-state index is 2.76. The van der Waals surface area contributed by atoms with Gasteiger partial charge in [0.1, 0.15) is 0 Å². The van der Waals surface area contributed by atoms with Crippen LogP contribution in [0.25, 0.3) is 11.1 Å². The Morgan fingerprint density at radius 3 is 1.77 bits per heavy atom. The summed E-state index contributed by atoms with van der Waals surface area (Å²) in [5.74, 6) is 0.548. The molecule has 0 radical (unpaired) electrons. The third kappa shape index (κ3) is 4.87. The summed E-state index contributed by atoms with van der Waals surface area (Å²) in [5, 5.41) is 0. The highest BCUT2D eigenvalue weighted by molar-refractivity contribution is 6.97. The van der Waals surface area contributed by atoms with Crippen LogP contribution in [0.5, 0.6) is 0 Å². The van der Waals surface area contributed by atoms with Gasteiger partial charge in [0.25, 0.3) is 0 Å². The molecule has 0 aromatic heterocycles. The number of hydrogen-bond donors (Lipinski definition) is 0. The van der Waals surface area contributed by atoms with Crippen LogP contribution in [0, 0.1) is 6.92 Å². The third-order valence-electron chi connectivity index (χ3n) is 16.8. The van der Waals surface area contributed by atoms with Crippen LogP contribution in [0.3, 0.4) is 0 Å². The molecule has 3 atom stereocenters. The zero-order valence-electron chi connectivity index (χ0n) is 37.8.